The number of rotatable bonds is 2. The molecule has 5 heteroatoms. The minimum atomic E-state index is -0.128. The van der Waals surface area contributed by atoms with E-state index < -0.39 is 0 Å². The standard InChI is InChI=1S/C15H18N4O/c20-15-13-4-2-1-3-12(13)14(18-19-15)17-11-7-9-5-6-10(8-11)16-9/h1-4,9-11,16H,5-8H2,(H,17,18)(H,19,20)/t9-,10-/m0/s1. The fourth-order valence-electron chi connectivity index (χ4n) is 3.59. The number of nitrogens with zero attached hydrogens (tertiary/aromatic N) is 1. The molecule has 0 saturated carbocycles. The van der Waals surface area contributed by atoms with Crippen molar-refractivity contribution in [2.45, 2.75) is 43.8 Å². The first-order chi connectivity index (χ1) is 9.79. The topological polar surface area (TPSA) is 69.8 Å². The molecular formula is C15H18N4O. The number of aromatic nitrogens is 2. The van der Waals surface area contributed by atoms with Crippen LogP contribution in [-0.4, -0.2) is 28.3 Å². The predicted molar refractivity (Wildman–Crippen MR) is 79.0 cm³/mol. The van der Waals surface area contributed by atoms with Gasteiger partial charge >= 0.3 is 0 Å². The van der Waals surface area contributed by atoms with Crippen molar-refractivity contribution < 1.29 is 0 Å². The van der Waals surface area contributed by atoms with E-state index in [1.807, 2.05) is 24.3 Å². The first kappa shape index (κ1) is 11.9. The lowest BCUT2D eigenvalue weighted by Crippen LogP contribution is -2.43. The molecule has 2 aliphatic rings. The van der Waals surface area contributed by atoms with Crippen LogP contribution in [0.3, 0.4) is 0 Å². The Kier molecular flexibility index (Phi) is 2.73. The van der Waals surface area contributed by atoms with Crippen LogP contribution in [0.4, 0.5) is 5.82 Å². The number of H-pyrrole nitrogens is 1. The zero-order valence-electron chi connectivity index (χ0n) is 11.2. The number of benzene rings is 1. The maximum Gasteiger partial charge on any atom is 0.272 e. The van der Waals surface area contributed by atoms with Crippen molar-refractivity contribution in [3.63, 3.8) is 0 Å². The molecule has 2 atom stereocenters. The van der Waals surface area contributed by atoms with Crippen LogP contribution in [0.5, 0.6) is 0 Å². The number of aromatic amines is 1. The van der Waals surface area contributed by atoms with Crippen molar-refractivity contribution in [3.8, 4) is 0 Å². The first-order valence-electron chi connectivity index (χ1n) is 7.29. The molecule has 104 valence electrons. The van der Waals surface area contributed by atoms with Gasteiger partial charge in [0.25, 0.3) is 5.56 Å². The number of nitrogens with one attached hydrogen (secondary N) is 3. The Hall–Kier alpha value is -1.88. The third-order valence-electron chi connectivity index (χ3n) is 4.51. The van der Waals surface area contributed by atoms with Crippen LogP contribution in [0.25, 0.3) is 10.8 Å². The molecule has 0 radical (unpaired) electrons. The van der Waals surface area contributed by atoms with E-state index in [-0.39, 0.29) is 5.56 Å². The fraction of sp³-hybridized carbons (Fsp3) is 0.467. The third kappa shape index (κ3) is 1.98. The van der Waals surface area contributed by atoms with Crippen molar-refractivity contribution in [2.75, 3.05) is 5.32 Å². The maximum absolute atomic E-state index is 11.8. The van der Waals surface area contributed by atoms with Crippen LogP contribution >= 0.6 is 0 Å². The van der Waals surface area contributed by atoms with Crippen LogP contribution in [-0.2, 0) is 0 Å². The highest BCUT2D eigenvalue weighted by Crippen LogP contribution is 2.29. The first-order valence-corrected chi connectivity index (χ1v) is 7.29. The molecule has 2 fully saturated rings. The molecular weight excluding hydrogens is 252 g/mol. The van der Waals surface area contributed by atoms with E-state index in [0.717, 1.165) is 24.0 Å². The van der Waals surface area contributed by atoms with Crippen molar-refractivity contribution in [3.05, 3.63) is 34.6 Å². The van der Waals surface area contributed by atoms with Gasteiger partial charge in [-0.25, -0.2) is 5.10 Å². The minimum absolute atomic E-state index is 0.128. The van der Waals surface area contributed by atoms with Crippen LogP contribution in [0.2, 0.25) is 0 Å². The summed E-state index contributed by atoms with van der Waals surface area (Å²) in [6.45, 7) is 0. The van der Waals surface area contributed by atoms with Gasteiger partial charge in [0.1, 0.15) is 0 Å². The summed E-state index contributed by atoms with van der Waals surface area (Å²) < 4.78 is 0. The van der Waals surface area contributed by atoms with Crippen LogP contribution < -0.4 is 16.2 Å². The van der Waals surface area contributed by atoms with Gasteiger partial charge in [0.2, 0.25) is 0 Å². The zero-order valence-corrected chi connectivity index (χ0v) is 11.2. The van der Waals surface area contributed by atoms with Gasteiger partial charge in [-0.1, -0.05) is 18.2 Å². The number of hydrogen-bond acceptors (Lipinski definition) is 4. The van der Waals surface area contributed by atoms with E-state index in [4.69, 9.17) is 0 Å². The van der Waals surface area contributed by atoms with Gasteiger partial charge in [0.15, 0.2) is 5.82 Å². The Bertz CT molecular complexity index is 684. The molecule has 3 N–H and O–H groups in total. The molecule has 2 bridgehead atoms. The van der Waals surface area contributed by atoms with E-state index in [9.17, 15) is 4.79 Å². The summed E-state index contributed by atoms with van der Waals surface area (Å²) in [6.07, 6.45) is 4.82. The summed E-state index contributed by atoms with van der Waals surface area (Å²) in [5.74, 6) is 0.798. The predicted octanol–water partition coefficient (Wildman–Crippen LogP) is 1.62. The highest BCUT2D eigenvalue weighted by Gasteiger charge is 2.33. The van der Waals surface area contributed by atoms with Crippen LogP contribution in [0.15, 0.2) is 29.1 Å². The number of hydrogen-bond donors (Lipinski definition) is 3. The lowest BCUT2D eigenvalue weighted by atomic mass is 9.99. The van der Waals surface area contributed by atoms with E-state index in [1.165, 1.54) is 12.8 Å². The van der Waals surface area contributed by atoms with Crippen molar-refractivity contribution in [1.29, 1.82) is 0 Å². The molecule has 0 aliphatic carbocycles. The summed E-state index contributed by atoms with van der Waals surface area (Å²) in [5.41, 5.74) is -0.128. The lowest BCUT2D eigenvalue weighted by molar-refractivity contribution is 0.377. The van der Waals surface area contributed by atoms with Crippen LogP contribution in [0, 0.1) is 0 Å². The van der Waals surface area contributed by atoms with Gasteiger partial charge in [-0.05, 0) is 31.7 Å². The van der Waals surface area contributed by atoms with Gasteiger partial charge in [-0.15, -0.1) is 0 Å². The molecule has 2 saturated heterocycles. The maximum atomic E-state index is 11.8. The molecule has 2 aliphatic heterocycles. The summed E-state index contributed by atoms with van der Waals surface area (Å²) in [7, 11) is 0. The Labute approximate surface area is 116 Å². The lowest BCUT2D eigenvalue weighted by Gasteiger charge is -2.30. The Morgan fingerprint density at radius 2 is 1.80 bits per heavy atom. The second kappa shape index (κ2) is 4.59. The number of anilines is 1. The van der Waals surface area contributed by atoms with E-state index in [1.54, 1.807) is 0 Å². The van der Waals surface area contributed by atoms with Crippen LogP contribution in [0.1, 0.15) is 25.7 Å². The molecule has 2 aromatic rings. The molecule has 1 aromatic carbocycles. The van der Waals surface area contributed by atoms with Crippen molar-refractivity contribution in [2.24, 2.45) is 0 Å². The Balaban J connectivity index is 1.66. The third-order valence-corrected chi connectivity index (χ3v) is 4.51. The summed E-state index contributed by atoms with van der Waals surface area (Å²) >= 11 is 0. The van der Waals surface area contributed by atoms with E-state index in [2.05, 4.69) is 20.8 Å². The molecule has 0 spiro atoms. The average molecular weight is 270 g/mol. The summed E-state index contributed by atoms with van der Waals surface area (Å²) in [6, 6.07) is 9.34. The second-order valence-corrected chi connectivity index (χ2v) is 5.90. The van der Waals surface area contributed by atoms with Gasteiger partial charge in [0, 0.05) is 23.5 Å². The molecule has 20 heavy (non-hydrogen) atoms. The molecule has 4 rings (SSSR count). The Morgan fingerprint density at radius 1 is 1.10 bits per heavy atom. The summed E-state index contributed by atoms with van der Waals surface area (Å²) in [4.78, 5) is 11.8. The summed E-state index contributed by atoms with van der Waals surface area (Å²) in [5, 5.41) is 15.6. The van der Waals surface area contributed by atoms with Crippen molar-refractivity contribution in [1.82, 2.24) is 15.5 Å². The smallest absolute Gasteiger partial charge is 0.272 e. The zero-order chi connectivity index (χ0) is 13.5. The van der Waals surface area contributed by atoms with Gasteiger partial charge in [-0.3, -0.25) is 4.79 Å². The highest BCUT2D eigenvalue weighted by atomic mass is 16.1. The molecule has 1 aromatic heterocycles. The van der Waals surface area contributed by atoms with Gasteiger partial charge < -0.3 is 10.6 Å². The largest absolute Gasteiger partial charge is 0.365 e. The quantitative estimate of drug-likeness (QED) is 0.775. The number of piperidine rings is 1. The van der Waals surface area contributed by atoms with Crippen molar-refractivity contribution >= 4 is 16.6 Å². The fourth-order valence-corrected chi connectivity index (χ4v) is 3.59. The van der Waals surface area contributed by atoms with Gasteiger partial charge in [0.05, 0.1) is 5.39 Å². The van der Waals surface area contributed by atoms with Gasteiger partial charge in [-0.2, -0.15) is 5.10 Å². The Morgan fingerprint density at radius 3 is 2.55 bits per heavy atom. The number of fused-ring (bicyclic) bond motifs is 3. The van der Waals surface area contributed by atoms with E-state index in [0.29, 0.717) is 23.5 Å². The molecule has 5 nitrogen and oxygen atoms in total. The molecule has 0 unspecified atom stereocenters. The second-order valence-electron chi connectivity index (χ2n) is 5.90. The minimum Gasteiger partial charge on any atom is -0.365 e. The normalized spacial score (nSPS) is 28.7. The SMILES string of the molecule is O=c1[nH]nc(NC2C[C@@H]3CC[C@@H](C2)N3)c2ccccc12. The van der Waals surface area contributed by atoms with E-state index >= 15 is 0 Å². The monoisotopic (exact) mass is 270 g/mol. The molecule has 0 amide bonds. The average Bonchev–Trinajstić information content (AvgIpc) is 2.81. The molecule has 3 heterocycles. The highest BCUT2D eigenvalue weighted by molar-refractivity contribution is 5.90.